The van der Waals surface area contributed by atoms with E-state index in [1.807, 2.05) is 6.07 Å². The van der Waals surface area contributed by atoms with Gasteiger partial charge >= 0.3 is 0 Å². The van der Waals surface area contributed by atoms with E-state index in [-0.39, 0.29) is 18.6 Å². The summed E-state index contributed by atoms with van der Waals surface area (Å²) in [6, 6.07) is 6.58. The first-order valence-electron chi connectivity index (χ1n) is 10.9. The van der Waals surface area contributed by atoms with E-state index in [0.717, 1.165) is 48.3 Å². The van der Waals surface area contributed by atoms with Crippen LogP contribution >= 0.6 is 0 Å². The summed E-state index contributed by atoms with van der Waals surface area (Å²) in [6.45, 7) is 2.35. The van der Waals surface area contributed by atoms with Crippen LogP contribution in [0.1, 0.15) is 77.2 Å². The van der Waals surface area contributed by atoms with E-state index in [1.165, 1.54) is 44.6 Å². The van der Waals surface area contributed by atoms with Gasteiger partial charge in [-0.15, -0.1) is 0 Å². The molecular formula is C26H32F4. The van der Waals surface area contributed by atoms with Crippen molar-refractivity contribution in [2.24, 2.45) is 17.8 Å². The summed E-state index contributed by atoms with van der Waals surface area (Å²) in [7, 11) is 0. The molecule has 2 aliphatic rings. The predicted octanol–water partition coefficient (Wildman–Crippen LogP) is 8.65. The SMILES string of the molecule is C.CC1CCC(C2CCC(c3ccc(-c4cc(F)c(F)c(F)c4)c(F)c3)CC2)CC1. The first kappa shape index (κ1) is 22.8. The molecule has 0 unspecified atom stereocenters. The third-order valence-corrected chi connectivity index (χ3v) is 7.26. The summed E-state index contributed by atoms with van der Waals surface area (Å²) in [4.78, 5) is 0. The normalized spacial score (nSPS) is 26.8. The highest BCUT2D eigenvalue weighted by atomic mass is 19.2. The lowest BCUT2D eigenvalue weighted by atomic mass is 9.68. The molecule has 4 heteroatoms. The van der Waals surface area contributed by atoms with Crippen LogP contribution in [-0.2, 0) is 0 Å². The molecule has 2 fully saturated rings. The molecule has 2 saturated carbocycles. The summed E-state index contributed by atoms with van der Waals surface area (Å²) < 4.78 is 54.9. The molecule has 0 nitrogen and oxygen atoms in total. The fraction of sp³-hybridized carbons (Fsp3) is 0.538. The highest BCUT2D eigenvalue weighted by Gasteiger charge is 2.30. The lowest BCUT2D eigenvalue weighted by Crippen LogP contribution is -2.24. The Kier molecular flexibility index (Phi) is 7.26. The van der Waals surface area contributed by atoms with Crippen LogP contribution in [0.5, 0.6) is 0 Å². The Morgan fingerprint density at radius 1 is 0.667 bits per heavy atom. The molecule has 30 heavy (non-hydrogen) atoms. The molecule has 0 bridgehead atoms. The molecule has 0 spiro atoms. The van der Waals surface area contributed by atoms with Crippen LogP contribution in [0.25, 0.3) is 11.1 Å². The Balaban J connectivity index is 0.00000256. The monoisotopic (exact) mass is 420 g/mol. The largest absolute Gasteiger partial charge is 0.206 e. The molecule has 0 N–H and O–H groups in total. The molecule has 0 heterocycles. The van der Waals surface area contributed by atoms with Crippen molar-refractivity contribution in [1.29, 1.82) is 0 Å². The maximum atomic E-state index is 14.7. The van der Waals surface area contributed by atoms with Gasteiger partial charge in [-0.3, -0.25) is 0 Å². The van der Waals surface area contributed by atoms with E-state index < -0.39 is 23.3 Å². The van der Waals surface area contributed by atoms with Crippen LogP contribution in [0.4, 0.5) is 17.6 Å². The summed E-state index contributed by atoms with van der Waals surface area (Å²) in [5.41, 5.74) is 1.06. The Hall–Kier alpha value is -1.84. The van der Waals surface area contributed by atoms with Crippen molar-refractivity contribution >= 4 is 0 Å². The van der Waals surface area contributed by atoms with Gasteiger partial charge in [0.15, 0.2) is 17.5 Å². The summed E-state index contributed by atoms with van der Waals surface area (Å²) in [6.07, 6.45) is 9.92. The summed E-state index contributed by atoms with van der Waals surface area (Å²) in [5.74, 6) is -1.81. The molecule has 0 saturated heterocycles. The summed E-state index contributed by atoms with van der Waals surface area (Å²) in [5, 5.41) is 0. The zero-order valence-electron chi connectivity index (χ0n) is 16.9. The second kappa shape index (κ2) is 9.53. The molecule has 164 valence electrons. The highest BCUT2D eigenvalue weighted by Crippen LogP contribution is 2.44. The third kappa shape index (κ3) is 4.73. The van der Waals surface area contributed by atoms with Gasteiger partial charge in [-0.05, 0) is 91.5 Å². The van der Waals surface area contributed by atoms with Gasteiger partial charge in [0.05, 0.1) is 0 Å². The Labute approximate surface area is 177 Å². The maximum absolute atomic E-state index is 14.7. The van der Waals surface area contributed by atoms with Crippen LogP contribution in [0.3, 0.4) is 0 Å². The first-order valence-corrected chi connectivity index (χ1v) is 10.9. The minimum atomic E-state index is -1.53. The zero-order valence-corrected chi connectivity index (χ0v) is 16.9. The minimum Gasteiger partial charge on any atom is -0.206 e. The van der Waals surface area contributed by atoms with Crippen molar-refractivity contribution in [1.82, 2.24) is 0 Å². The predicted molar refractivity (Wildman–Crippen MR) is 114 cm³/mol. The number of hydrogen-bond donors (Lipinski definition) is 0. The van der Waals surface area contributed by atoms with Gasteiger partial charge in [-0.1, -0.05) is 39.3 Å². The molecule has 2 aromatic rings. The molecular weight excluding hydrogens is 388 g/mol. The molecule has 4 rings (SSSR count). The molecule has 0 radical (unpaired) electrons. The molecule has 2 aromatic carbocycles. The van der Waals surface area contributed by atoms with E-state index in [0.29, 0.717) is 5.92 Å². The topological polar surface area (TPSA) is 0 Å². The average molecular weight is 421 g/mol. The highest BCUT2D eigenvalue weighted by molar-refractivity contribution is 5.65. The smallest absolute Gasteiger partial charge is 0.194 e. The number of halogens is 4. The quantitative estimate of drug-likeness (QED) is 0.344. The van der Waals surface area contributed by atoms with Crippen LogP contribution in [-0.4, -0.2) is 0 Å². The summed E-state index contributed by atoms with van der Waals surface area (Å²) >= 11 is 0. The number of benzene rings is 2. The van der Waals surface area contributed by atoms with Gasteiger partial charge in [-0.25, -0.2) is 17.6 Å². The fourth-order valence-electron chi connectivity index (χ4n) is 5.41. The van der Waals surface area contributed by atoms with Gasteiger partial charge in [0.2, 0.25) is 0 Å². The van der Waals surface area contributed by atoms with Crippen molar-refractivity contribution in [2.45, 2.75) is 71.6 Å². The van der Waals surface area contributed by atoms with Crippen LogP contribution < -0.4 is 0 Å². The van der Waals surface area contributed by atoms with E-state index in [2.05, 4.69) is 6.92 Å². The van der Waals surface area contributed by atoms with Crippen LogP contribution in [0.2, 0.25) is 0 Å². The standard InChI is InChI=1S/C25H28F4.CH4/c1-15-2-4-16(5-3-15)17-6-8-18(9-7-17)19-10-11-21(22(26)12-19)20-13-23(27)25(29)24(28)14-20;/h10-18H,2-9H2,1H3;1H4. The molecule has 0 aliphatic heterocycles. The average Bonchev–Trinajstić information content (AvgIpc) is 2.72. The van der Waals surface area contributed by atoms with Gasteiger partial charge < -0.3 is 0 Å². The van der Waals surface area contributed by atoms with E-state index in [1.54, 1.807) is 6.07 Å². The molecule has 0 atom stereocenters. The molecule has 2 aliphatic carbocycles. The number of rotatable bonds is 3. The van der Waals surface area contributed by atoms with E-state index in [4.69, 9.17) is 0 Å². The van der Waals surface area contributed by atoms with Crippen molar-refractivity contribution < 1.29 is 17.6 Å². The second-order valence-electron chi connectivity index (χ2n) is 9.12. The van der Waals surface area contributed by atoms with E-state index >= 15 is 0 Å². The lowest BCUT2D eigenvalue weighted by molar-refractivity contribution is 0.165. The van der Waals surface area contributed by atoms with Crippen LogP contribution in [0, 0.1) is 41.0 Å². The van der Waals surface area contributed by atoms with Gasteiger partial charge in [0, 0.05) is 5.56 Å². The Bertz CT molecular complexity index is 836. The Morgan fingerprint density at radius 2 is 1.20 bits per heavy atom. The zero-order chi connectivity index (χ0) is 20.5. The second-order valence-corrected chi connectivity index (χ2v) is 9.12. The fourth-order valence-corrected chi connectivity index (χ4v) is 5.41. The van der Waals surface area contributed by atoms with E-state index in [9.17, 15) is 17.6 Å². The molecule has 0 aromatic heterocycles. The maximum Gasteiger partial charge on any atom is 0.194 e. The van der Waals surface area contributed by atoms with Gasteiger partial charge in [0.25, 0.3) is 0 Å². The van der Waals surface area contributed by atoms with Gasteiger partial charge in [-0.2, -0.15) is 0 Å². The van der Waals surface area contributed by atoms with Crippen molar-refractivity contribution in [3.8, 4) is 11.1 Å². The van der Waals surface area contributed by atoms with Crippen LogP contribution in [0.15, 0.2) is 30.3 Å². The first-order chi connectivity index (χ1) is 13.9. The minimum absolute atomic E-state index is 0. The Morgan fingerprint density at radius 3 is 1.73 bits per heavy atom. The lowest BCUT2D eigenvalue weighted by Gasteiger charge is -2.37. The van der Waals surface area contributed by atoms with Crippen molar-refractivity contribution in [2.75, 3.05) is 0 Å². The van der Waals surface area contributed by atoms with Gasteiger partial charge in [0.1, 0.15) is 5.82 Å². The number of hydrogen-bond acceptors (Lipinski definition) is 0. The molecule has 0 amide bonds. The third-order valence-electron chi connectivity index (χ3n) is 7.26. The van der Waals surface area contributed by atoms with Crippen molar-refractivity contribution in [3.63, 3.8) is 0 Å². The van der Waals surface area contributed by atoms with Crippen molar-refractivity contribution in [3.05, 3.63) is 59.2 Å².